The number of nitrogens with one attached hydrogen (secondary N) is 1. The highest BCUT2D eigenvalue weighted by atomic mass is 32.2. The summed E-state index contributed by atoms with van der Waals surface area (Å²) in [6, 6.07) is 13.9. The Morgan fingerprint density at radius 2 is 1.70 bits per heavy atom. The van der Waals surface area contributed by atoms with Gasteiger partial charge >= 0.3 is 0 Å². The lowest BCUT2D eigenvalue weighted by Gasteiger charge is -2.13. The van der Waals surface area contributed by atoms with Crippen molar-refractivity contribution in [2.45, 2.75) is 0 Å². The van der Waals surface area contributed by atoms with Gasteiger partial charge in [-0.05, 0) is 24.3 Å². The van der Waals surface area contributed by atoms with Crippen LogP contribution in [0, 0.1) is 0 Å². The molecular weight excluding hydrogens is 318 g/mol. The number of para-hydroxylation sites is 1. The molecule has 0 radical (unpaired) electrons. The smallest absolute Gasteiger partial charge is 0.236 e. The minimum Gasteiger partial charge on any atom is -0.497 e. The van der Waals surface area contributed by atoms with Gasteiger partial charge in [0.1, 0.15) is 29.6 Å². The first-order chi connectivity index (χ1) is 11.0. The highest BCUT2D eigenvalue weighted by molar-refractivity contribution is 7.92. The van der Waals surface area contributed by atoms with Crippen LogP contribution in [0.5, 0.6) is 17.2 Å². The van der Waals surface area contributed by atoms with E-state index in [4.69, 9.17) is 14.2 Å². The van der Waals surface area contributed by atoms with Crippen LogP contribution in [-0.4, -0.2) is 35.0 Å². The monoisotopic (exact) mass is 337 g/mol. The second-order valence-electron chi connectivity index (χ2n) is 4.65. The Morgan fingerprint density at radius 3 is 2.35 bits per heavy atom. The number of hydrogen-bond donors (Lipinski definition) is 1. The number of benzene rings is 2. The average molecular weight is 337 g/mol. The highest BCUT2D eigenvalue weighted by Gasteiger charge is 2.14. The van der Waals surface area contributed by atoms with Gasteiger partial charge in [-0.15, -0.1) is 0 Å². The van der Waals surface area contributed by atoms with Crippen LogP contribution >= 0.6 is 0 Å². The zero-order valence-electron chi connectivity index (χ0n) is 13.0. The summed E-state index contributed by atoms with van der Waals surface area (Å²) in [6.45, 7) is 0.0534. The minimum absolute atomic E-state index is 0.0534. The minimum atomic E-state index is -3.55. The van der Waals surface area contributed by atoms with Gasteiger partial charge in [-0.1, -0.05) is 18.2 Å². The van der Waals surface area contributed by atoms with E-state index in [0.717, 1.165) is 0 Å². The third-order valence-corrected chi connectivity index (χ3v) is 4.27. The van der Waals surface area contributed by atoms with Crippen LogP contribution in [0.3, 0.4) is 0 Å². The van der Waals surface area contributed by atoms with E-state index in [2.05, 4.69) is 4.72 Å². The molecule has 0 spiro atoms. The van der Waals surface area contributed by atoms with Gasteiger partial charge in [0, 0.05) is 6.07 Å². The molecule has 0 aliphatic carbocycles. The zero-order chi connectivity index (χ0) is 16.7. The maximum atomic E-state index is 12.1. The maximum Gasteiger partial charge on any atom is 0.236 e. The third kappa shape index (κ3) is 5.07. The van der Waals surface area contributed by atoms with Crippen molar-refractivity contribution in [3.8, 4) is 17.2 Å². The molecule has 0 saturated heterocycles. The molecule has 6 nitrogen and oxygen atoms in total. The maximum absolute atomic E-state index is 12.1. The Morgan fingerprint density at radius 1 is 0.957 bits per heavy atom. The Balaban J connectivity index is 1.98. The normalized spacial score (nSPS) is 10.9. The molecule has 1 N–H and O–H groups in total. The molecule has 0 unspecified atom stereocenters. The molecule has 2 rings (SSSR count). The second-order valence-corrected chi connectivity index (χ2v) is 6.49. The van der Waals surface area contributed by atoms with Gasteiger partial charge in [0.2, 0.25) is 10.0 Å². The van der Waals surface area contributed by atoms with Crippen molar-refractivity contribution in [1.82, 2.24) is 0 Å². The molecule has 0 aliphatic rings. The topological polar surface area (TPSA) is 73.9 Å². The molecule has 0 aromatic heterocycles. The first-order valence-corrected chi connectivity index (χ1v) is 8.59. The summed E-state index contributed by atoms with van der Waals surface area (Å²) in [6.07, 6.45) is 0. The second kappa shape index (κ2) is 7.73. The van der Waals surface area contributed by atoms with Gasteiger partial charge in [-0.25, -0.2) is 8.42 Å². The average Bonchev–Trinajstić information content (AvgIpc) is 2.55. The summed E-state index contributed by atoms with van der Waals surface area (Å²) in [5.41, 5.74) is 0.355. The largest absolute Gasteiger partial charge is 0.497 e. The highest BCUT2D eigenvalue weighted by Crippen LogP contribution is 2.29. The molecule has 0 fully saturated rings. The molecule has 7 heteroatoms. The van der Waals surface area contributed by atoms with Crippen molar-refractivity contribution in [1.29, 1.82) is 0 Å². The Hall–Kier alpha value is -2.41. The van der Waals surface area contributed by atoms with Crippen molar-refractivity contribution >= 4 is 15.7 Å². The van der Waals surface area contributed by atoms with Gasteiger partial charge in [-0.3, -0.25) is 4.72 Å². The van der Waals surface area contributed by atoms with E-state index in [-0.39, 0.29) is 12.4 Å². The summed E-state index contributed by atoms with van der Waals surface area (Å²) in [7, 11) is -0.562. The number of sulfonamides is 1. The van der Waals surface area contributed by atoms with Gasteiger partial charge < -0.3 is 14.2 Å². The predicted octanol–water partition coefficient (Wildman–Crippen LogP) is 2.52. The van der Waals surface area contributed by atoms with E-state index < -0.39 is 10.0 Å². The van der Waals surface area contributed by atoms with E-state index in [0.29, 0.717) is 22.9 Å². The molecule has 124 valence electrons. The molecule has 0 aliphatic heterocycles. The summed E-state index contributed by atoms with van der Waals surface area (Å²) >= 11 is 0. The van der Waals surface area contributed by atoms with Gasteiger partial charge in [0.15, 0.2) is 0 Å². The lowest BCUT2D eigenvalue weighted by atomic mass is 10.3. The van der Waals surface area contributed by atoms with E-state index in [1.54, 1.807) is 30.3 Å². The van der Waals surface area contributed by atoms with Crippen molar-refractivity contribution in [2.75, 3.05) is 31.3 Å². The summed E-state index contributed by atoms with van der Waals surface area (Å²) < 4.78 is 42.4. The fourth-order valence-electron chi connectivity index (χ4n) is 1.89. The van der Waals surface area contributed by atoms with Crippen LogP contribution in [0.25, 0.3) is 0 Å². The van der Waals surface area contributed by atoms with Crippen LogP contribution in [0.2, 0.25) is 0 Å². The first kappa shape index (κ1) is 17.0. The summed E-state index contributed by atoms with van der Waals surface area (Å²) in [4.78, 5) is 0. The quantitative estimate of drug-likeness (QED) is 0.801. The Bertz CT molecular complexity index is 731. The molecule has 0 atom stereocenters. The fourth-order valence-corrected chi connectivity index (χ4v) is 2.80. The molecule has 0 saturated carbocycles. The SMILES string of the molecule is COc1ccc(NS(=O)(=O)CCOc2ccccc2)c(OC)c1. The number of rotatable bonds is 8. The predicted molar refractivity (Wildman–Crippen MR) is 88.9 cm³/mol. The van der Waals surface area contributed by atoms with E-state index >= 15 is 0 Å². The standard InChI is InChI=1S/C16H19NO5S/c1-20-14-8-9-15(16(12-14)21-2)17-23(18,19)11-10-22-13-6-4-3-5-7-13/h3-9,12,17H,10-11H2,1-2H3. The fraction of sp³-hybridized carbons (Fsp3) is 0.250. The van der Waals surface area contributed by atoms with Crippen LogP contribution in [0.15, 0.2) is 48.5 Å². The molecule has 0 heterocycles. The molecule has 0 amide bonds. The zero-order valence-corrected chi connectivity index (χ0v) is 13.8. The van der Waals surface area contributed by atoms with Crippen molar-refractivity contribution < 1.29 is 22.6 Å². The van der Waals surface area contributed by atoms with Crippen LogP contribution in [0.1, 0.15) is 0 Å². The molecule has 2 aromatic rings. The van der Waals surface area contributed by atoms with Gasteiger partial charge in [-0.2, -0.15) is 0 Å². The number of ether oxygens (including phenoxy) is 3. The Labute approximate surface area is 136 Å². The number of methoxy groups -OCH3 is 2. The van der Waals surface area contributed by atoms with Crippen LogP contribution in [0.4, 0.5) is 5.69 Å². The summed E-state index contributed by atoms with van der Waals surface area (Å²) in [5, 5.41) is 0. The summed E-state index contributed by atoms with van der Waals surface area (Å²) in [5.74, 6) is 1.43. The Kier molecular flexibility index (Phi) is 5.70. The number of hydrogen-bond acceptors (Lipinski definition) is 5. The molecule has 2 aromatic carbocycles. The van der Waals surface area contributed by atoms with Crippen molar-refractivity contribution in [2.24, 2.45) is 0 Å². The molecule has 23 heavy (non-hydrogen) atoms. The van der Waals surface area contributed by atoms with Crippen LogP contribution in [-0.2, 0) is 10.0 Å². The van der Waals surface area contributed by atoms with Crippen molar-refractivity contribution in [3.05, 3.63) is 48.5 Å². The van der Waals surface area contributed by atoms with E-state index in [1.165, 1.54) is 14.2 Å². The van der Waals surface area contributed by atoms with Crippen molar-refractivity contribution in [3.63, 3.8) is 0 Å². The van der Waals surface area contributed by atoms with Crippen LogP contribution < -0.4 is 18.9 Å². The first-order valence-electron chi connectivity index (χ1n) is 6.94. The van der Waals surface area contributed by atoms with Gasteiger partial charge in [0.05, 0.1) is 19.9 Å². The lowest BCUT2D eigenvalue weighted by molar-refractivity contribution is 0.341. The third-order valence-electron chi connectivity index (χ3n) is 3.04. The molecule has 0 bridgehead atoms. The lowest BCUT2D eigenvalue weighted by Crippen LogP contribution is -2.21. The van der Waals surface area contributed by atoms with E-state index in [1.807, 2.05) is 18.2 Å². The van der Waals surface area contributed by atoms with E-state index in [9.17, 15) is 8.42 Å². The number of anilines is 1. The molecular formula is C16H19NO5S. The van der Waals surface area contributed by atoms with Gasteiger partial charge in [0.25, 0.3) is 0 Å².